The van der Waals surface area contributed by atoms with Gasteiger partial charge in [0.1, 0.15) is 5.75 Å². The molecule has 1 saturated heterocycles. The topological polar surface area (TPSA) is 59.4 Å². The molecule has 3 aromatic rings. The van der Waals surface area contributed by atoms with Crippen LogP contribution < -0.4 is 0 Å². The van der Waals surface area contributed by atoms with E-state index < -0.39 is 15.6 Å². The number of aryl methyl sites for hydroxylation is 1. The van der Waals surface area contributed by atoms with E-state index in [1.165, 1.54) is 0 Å². The summed E-state index contributed by atoms with van der Waals surface area (Å²) in [5, 5.41) is 0.676. The molecule has 0 aliphatic carbocycles. The number of sulfone groups is 1. The van der Waals surface area contributed by atoms with Crippen molar-refractivity contribution >= 4 is 26.6 Å². The fourth-order valence-corrected chi connectivity index (χ4v) is 5.67. The lowest BCUT2D eigenvalue weighted by Crippen LogP contribution is -2.36. The number of carbonyl (C=O) groups excluding carboxylic acids is 1. The summed E-state index contributed by atoms with van der Waals surface area (Å²) in [4.78, 5) is 14.7. The van der Waals surface area contributed by atoms with Crippen LogP contribution >= 0.6 is 0 Å². The smallest absolute Gasteiger partial charge is 0.238 e. The molecule has 0 spiro atoms. The number of amides is 1. The van der Waals surface area contributed by atoms with Crippen molar-refractivity contribution in [3.8, 4) is 0 Å². The quantitative estimate of drug-likeness (QED) is 0.618. The fourth-order valence-electron chi connectivity index (χ4n) is 4.21. The Morgan fingerprint density at radius 2 is 1.60 bits per heavy atom. The van der Waals surface area contributed by atoms with Gasteiger partial charge < -0.3 is 9.47 Å². The highest BCUT2D eigenvalue weighted by molar-refractivity contribution is 7.92. The molecule has 1 amide bonds. The van der Waals surface area contributed by atoms with Gasteiger partial charge in [-0.15, -0.1) is 0 Å². The van der Waals surface area contributed by atoms with Gasteiger partial charge in [-0.2, -0.15) is 0 Å². The third-order valence-electron chi connectivity index (χ3n) is 5.96. The Labute approximate surface area is 178 Å². The lowest BCUT2D eigenvalue weighted by Gasteiger charge is -2.20. The zero-order valence-electron chi connectivity index (χ0n) is 17.4. The summed E-state index contributed by atoms with van der Waals surface area (Å²) in [7, 11) is -3.74. The van der Waals surface area contributed by atoms with Gasteiger partial charge in [0, 0.05) is 36.7 Å². The number of aromatic nitrogens is 1. The highest BCUT2D eigenvalue weighted by Gasteiger charge is 2.27. The maximum Gasteiger partial charge on any atom is 0.238 e. The molecule has 0 radical (unpaired) electrons. The SMILES string of the molecule is Cc1ccccc1Cn1cc(S(=O)(=O)CC(=O)N2CCCCCC2)c2ccccc21. The predicted molar refractivity (Wildman–Crippen MR) is 119 cm³/mol. The molecule has 158 valence electrons. The van der Waals surface area contributed by atoms with Crippen LogP contribution in [0.15, 0.2) is 59.6 Å². The summed E-state index contributed by atoms with van der Waals surface area (Å²) in [5.74, 6) is -0.751. The maximum absolute atomic E-state index is 13.3. The van der Waals surface area contributed by atoms with Crippen LogP contribution in [-0.4, -0.2) is 42.6 Å². The Bertz CT molecular complexity index is 1160. The maximum atomic E-state index is 13.3. The zero-order valence-corrected chi connectivity index (χ0v) is 18.2. The van der Waals surface area contributed by atoms with E-state index in [0.29, 0.717) is 25.0 Å². The minimum Gasteiger partial charge on any atom is -0.342 e. The number of carbonyl (C=O) groups is 1. The van der Waals surface area contributed by atoms with Crippen molar-refractivity contribution in [1.29, 1.82) is 0 Å². The monoisotopic (exact) mass is 424 g/mol. The van der Waals surface area contributed by atoms with Gasteiger partial charge in [0.05, 0.1) is 4.90 Å². The van der Waals surface area contributed by atoms with Gasteiger partial charge in [-0.25, -0.2) is 8.42 Å². The molecule has 0 bridgehead atoms. The number of hydrogen-bond donors (Lipinski definition) is 0. The molecule has 0 N–H and O–H groups in total. The first-order valence-corrected chi connectivity index (χ1v) is 12.2. The van der Waals surface area contributed by atoms with E-state index in [2.05, 4.69) is 19.1 Å². The highest BCUT2D eigenvalue weighted by atomic mass is 32.2. The van der Waals surface area contributed by atoms with Crippen molar-refractivity contribution in [3.63, 3.8) is 0 Å². The summed E-state index contributed by atoms with van der Waals surface area (Å²) in [6, 6.07) is 15.6. The Kier molecular flexibility index (Phi) is 5.95. The summed E-state index contributed by atoms with van der Waals surface area (Å²) in [6.45, 7) is 3.95. The molecule has 1 aromatic heterocycles. The number of benzene rings is 2. The van der Waals surface area contributed by atoms with Gasteiger partial charge in [-0.05, 0) is 37.0 Å². The Hall–Kier alpha value is -2.60. The number of likely N-dealkylation sites (tertiary alicyclic amines) is 1. The van der Waals surface area contributed by atoms with Crippen molar-refractivity contribution in [2.75, 3.05) is 18.8 Å². The van der Waals surface area contributed by atoms with Crippen LogP contribution in [-0.2, 0) is 21.2 Å². The molecule has 0 saturated carbocycles. The molecule has 2 aromatic carbocycles. The second-order valence-electron chi connectivity index (χ2n) is 8.12. The highest BCUT2D eigenvalue weighted by Crippen LogP contribution is 2.28. The van der Waals surface area contributed by atoms with E-state index in [0.717, 1.165) is 42.3 Å². The lowest BCUT2D eigenvalue weighted by atomic mass is 10.1. The van der Waals surface area contributed by atoms with E-state index in [-0.39, 0.29) is 10.8 Å². The first-order chi connectivity index (χ1) is 14.5. The molecule has 5 nitrogen and oxygen atoms in total. The minimum absolute atomic E-state index is 0.245. The summed E-state index contributed by atoms with van der Waals surface area (Å²) in [5.41, 5.74) is 3.17. The first-order valence-electron chi connectivity index (χ1n) is 10.6. The van der Waals surface area contributed by atoms with Crippen molar-refractivity contribution < 1.29 is 13.2 Å². The third-order valence-corrected chi connectivity index (χ3v) is 7.58. The van der Waals surface area contributed by atoms with E-state index >= 15 is 0 Å². The molecule has 30 heavy (non-hydrogen) atoms. The second-order valence-corrected chi connectivity index (χ2v) is 10.1. The van der Waals surface area contributed by atoms with Crippen molar-refractivity contribution in [3.05, 3.63) is 65.9 Å². The van der Waals surface area contributed by atoms with Crippen molar-refractivity contribution in [2.24, 2.45) is 0 Å². The van der Waals surface area contributed by atoms with Gasteiger partial charge >= 0.3 is 0 Å². The molecule has 6 heteroatoms. The van der Waals surface area contributed by atoms with Gasteiger partial charge in [0.15, 0.2) is 9.84 Å². The van der Waals surface area contributed by atoms with E-state index in [1.807, 2.05) is 41.0 Å². The standard InChI is InChI=1S/C24H28N2O3S/c1-19-10-4-5-11-20(19)16-26-17-23(21-12-6-7-13-22(21)26)30(28,29)18-24(27)25-14-8-2-3-9-15-25/h4-7,10-13,17H,2-3,8-9,14-16,18H2,1H3. The van der Waals surface area contributed by atoms with E-state index in [9.17, 15) is 13.2 Å². The van der Waals surface area contributed by atoms with Gasteiger partial charge in [-0.3, -0.25) is 4.79 Å². The predicted octanol–water partition coefficient (Wildman–Crippen LogP) is 4.17. The Morgan fingerprint density at radius 1 is 0.933 bits per heavy atom. The molecule has 1 fully saturated rings. The average Bonchev–Trinajstić information content (AvgIpc) is 2.89. The number of para-hydroxylation sites is 1. The number of nitrogens with zero attached hydrogens (tertiary/aromatic N) is 2. The van der Waals surface area contributed by atoms with Gasteiger partial charge in [0.2, 0.25) is 5.91 Å². The fraction of sp³-hybridized carbons (Fsp3) is 0.375. The molecular formula is C24H28N2O3S. The summed E-state index contributed by atoms with van der Waals surface area (Å²) in [6.07, 6.45) is 5.79. The van der Waals surface area contributed by atoms with Crippen molar-refractivity contribution in [2.45, 2.75) is 44.0 Å². The van der Waals surface area contributed by atoms with Crippen LogP contribution in [0.3, 0.4) is 0 Å². The number of hydrogen-bond acceptors (Lipinski definition) is 3. The molecule has 4 rings (SSSR count). The summed E-state index contributed by atoms with van der Waals surface area (Å²) < 4.78 is 28.5. The average molecular weight is 425 g/mol. The van der Waals surface area contributed by atoms with Crippen LogP contribution in [0.2, 0.25) is 0 Å². The van der Waals surface area contributed by atoms with Gasteiger partial charge in [0.25, 0.3) is 0 Å². The zero-order chi connectivity index (χ0) is 21.1. The molecule has 1 aliphatic rings. The molecule has 1 aliphatic heterocycles. The first kappa shape index (κ1) is 20.7. The summed E-state index contributed by atoms with van der Waals surface area (Å²) >= 11 is 0. The second kappa shape index (κ2) is 8.64. The van der Waals surface area contributed by atoms with Gasteiger partial charge in [-0.1, -0.05) is 55.3 Å². The lowest BCUT2D eigenvalue weighted by molar-refractivity contribution is -0.128. The minimum atomic E-state index is -3.74. The van der Waals surface area contributed by atoms with Crippen LogP contribution in [0.5, 0.6) is 0 Å². The third kappa shape index (κ3) is 4.29. The Morgan fingerprint density at radius 3 is 2.33 bits per heavy atom. The van der Waals surface area contributed by atoms with Crippen LogP contribution in [0.25, 0.3) is 10.9 Å². The molecule has 2 heterocycles. The van der Waals surface area contributed by atoms with E-state index in [1.54, 1.807) is 11.1 Å². The molecular weight excluding hydrogens is 396 g/mol. The Balaban J connectivity index is 1.66. The van der Waals surface area contributed by atoms with Crippen LogP contribution in [0.4, 0.5) is 0 Å². The van der Waals surface area contributed by atoms with E-state index in [4.69, 9.17) is 0 Å². The van der Waals surface area contributed by atoms with Crippen LogP contribution in [0.1, 0.15) is 36.8 Å². The normalized spacial score (nSPS) is 15.3. The van der Waals surface area contributed by atoms with Crippen molar-refractivity contribution in [1.82, 2.24) is 9.47 Å². The molecule has 0 unspecified atom stereocenters. The number of rotatable bonds is 5. The molecule has 0 atom stereocenters. The number of fused-ring (bicyclic) bond motifs is 1. The largest absolute Gasteiger partial charge is 0.342 e. The van der Waals surface area contributed by atoms with Crippen LogP contribution in [0, 0.1) is 6.92 Å².